The van der Waals surface area contributed by atoms with Gasteiger partial charge < -0.3 is 4.12 Å². The standard InChI is InChI=1S/C16H24N2O5Si2/c1-7-24(17-13(19)9(3)10(4)14(17)20)23-25(8-2)18-15(21)11(5)12(6)16(18)22/h24-25H,7-8H2,1-6H3. The second-order valence-electron chi connectivity index (χ2n) is 6.32. The molecule has 2 unspecified atom stereocenters. The van der Waals surface area contributed by atoms with E-state index in [1.54, 1.807) is 27.7 Å². The van der Waals surface area contributed by atoms with Crippen LogP contribution in [0.25, 0.3) is 0 Å². The molecule has 0 bridgehead atoms. The van der Waals surface area contributed by atoms with Crippen molar-refractivity contribution < 1.29 is 23.3 Å². The molecule has 2 aliphatic rings. The normalized spacial score (nSPS) is 21.2. The third-order valence-corrected chi connectivity index (χ3v) is 10.9. The predicted molar refractivity (Wildman–Crippen MR) is 96.8 cm³/mol. The molecule has 0 radical (unpaired) electrons. The van der Waals surface area contributed by atoms with Crippen LogP contribution >= 0.6 is 0 Å². The molecule has 2 atom stereocenters. The zero-order chi connectivity index (χ0) is 19.0. The Labute approximate surface area is 150 Å². The number of amides is 4. The van der Waals surface area contributed by atoms with Crippen LogP contribution in [0.5, 0.6) is 0 Å². The molecule has 2 heterocycles. The van der Waals surface area contributed by atoms with Crippen molar-refractivity contribution in [2.24, 2.45) is 0 Å². The number of hydrogen-bond acceptors (Lipinski definition) is 5. The highest BCUT2D eigenvalue weighted by Gasteiger charge is 2.44. The number of nitrogens with zero attached hydrogens (tertiary/aromatic N) is 2. The summed E-state index contributed by atoms with van der Waals surface area (Å²) in [6, 6.07) is 1.06. The minimum absolute atomic E-state index is 0.311. The lowest BCUT2D eigenvalue weighted by Gasteiger charge is -2.31. The first-order valence-electron chi connectivity index (χ1n) is 8.43. The van der Waals surface area contributed by atoms with Crippen molar-refractivity contribution in [2.45, 2.75) is 53.6 Å². The van der Waals surface area contributed by atoms with Crippen LogP contribution in [0.3, 0.4) is 0 Å². The van der Waals surface area contributed by atoms with Crippen LogP contribution in [0.2, 0.25) is 12.1 Å². The minimum Gasteiger partial charge on any atom is -0.428 e. The fourth-order valence-corrected chi connectivity index (χ4v) is 9.45. The van der Waals surface area contributed by atoms with E-state index in [1.165, 1.54) is 9.13 Å². The largest absolute Gasteiger partial charge is 0.428 e. The first kappa shape index (κ1) is 19.5. The Morgan fingerprint density at radius 2 is 0.880 bits per heavy atom. The van der Waals surface area contributed by atoms with E-state index in [-0.39, 0.29) is 23.6 Å². The second kappa shape index (κ2) is 7.18. The number of hydrogen-bond donors (Lipinski definition) is 0. The molecular formula is C16H24N2O5Si2. The average Bonchev–Trinajstić information content (AvgIpc) is 2.91. The van der Waals surface area contributed by atoms with Gasteiger partial charge in [0.25, 0.3) is 18.4 Å². The van der Waals surface area contributed by atoms with Gasteiger partial charge in [-0.25, -0.2) is 0 Å². The summed E-state index contributed by atoms with van der Waals surface area (Å²) in [5, 5.41) is 0. The topological polar surface area (TPSA) is 84.0 Å². The van der Waals surface area contributed by atoms with E-state index >= 15 is 0 Å². The third kappa shape index (κ3) is 3.07. The third-order valence-electron chi connectivity index (χ3n) is 4.87. The van der Waals surface area contributed by atoms with Crippen LogP contribution in [-0.4, -0.2) is 51.2 Å². The highest BCUT2D eigenvalue weighted by atomic mass is 28.4. The summed E-state index contributed by atoms with van der Waals surface area (Å²) in [6.45, 7) is 10.3. The smallest absolute Gasteiger partial charge is 0.285 e. The molecule has 2 aliphatic heterocycles. The summed E-state index contributed by atoms with van der Waals surface area (Å²) < 4.78 is 8.68. The maximum absolute atomic E-state index is 12.4. The Balaban J connectivity index is 2.24. The minimum atomic E-state index is -2.40. The molecule has 0 aromatic heterocycles. The molecule has 2 rings (SSSR count). The summed E-state index contributed by atoms with van der Waals surface area (Å²) >= 11 is 0. The van der Waals surface area contributed by atoms with Crippen LogP contribution in [0.15, 0.2) is 22.3 Å². The van der Waals surface area contributed by atoms with Gasteiger partial charge in [0.1, 0.15) is 0 Å². The summed E-state index contributed by atoms with van der Waals surface area (Å²) in [4.78, 5) is 49.6. The van der Waals surface area contributed by atoms with E-state index in [0.29, 0.717) is 34.4 Å². The summed E-state index contributed by atoms with van der Waals surface area (Å²) in [5.74, 6) is -1.24. The number of imide groups is 2. The SMILES string of the molecule is CC[SiH](O[SiH](CC)N1C(=O)C(C)=C(C)C1=O)N1C(=O)C(C)=C(C)C1=O. The van der Waals surface area contributed by atoms with Crippen molar-refractivity contribution in [1.29, 1.82) is 0 Å². The van der Waals surface area contributed by atoms with Gasteiger partial charge in [-0.3, -0.25) is 28.3 Å². The Hall–Kier alpha value is -1.85. The first-order chi connectivity index (χ1) is 11.7. The van der Waals surface area contributed by atoms with Gasteiger partial charge in [-0.1, -0.05) is 13.8 Å². The Kier molecular flexibility index (Phi) is 5.60. The zero-order valence-electron chi connectivity index (χ0n) is 15.5. The van der Waals surface area contributed by atoms with Crippen LogP contribution in [0, 0.1) is 0 Å². The monoisotopic (exact) mass is 380 g/mol. The van der Waals surface area contributed by atoms with Gasteiger partial charge in [-0.15, -0.1) is 0 Å². The van der Waals surface area contributed by atoms with E-state index in [2.05, 4.69) is 0 Å². The summed E-state index contributed by atoms with van der Waals surface area (Å²) in [7, 11) is -4.79. The highest BCUT2D eigenvalue weighted by molar-refractivity contribution is 6.70. The summed E-state index contributed by atoms with van der Waals surface area (Å²) in [5.41, 5.74) is 1.76. The van der Waals surface area contributed by atoms with Crippen molar-refractivity contribution in [1.82, 2.24) is 9.13 Å². The molecule has 0 N–H and O–H groups in total. The van der Waals surface area contributed by atoms with Gasteiger partial charge in [-0.05, 0) is 39.8 Å². The molecule has 9 heteroatoms. The van der Waals surface area contributed by atoms with Gasteiger partial charge in [0.15, 0.2) is 0 Å². The van der Waals surface area contributed by atoms with Gasteiger partial charge in [0, 0.05) is 22.3 Å². The van der Waals surface area contributed by atoms with Crippen molar-refractivity contribution in [3.05, 3.63) is 22.3 Å². The molecule has 0 aromatic carbocycles. The highest BCUT2D eigenvalue weighted by Crippen LogP contribution is 2.26. The van der Waals surface area contributed by atoms with Crippen LogP contribution < -0.4 is 0 Å². The Morgan fingerprint density at radius 3 is 1.08 bits per heavy atom. The summed E-state index contributed by atoms with van der Waals surface area (Å²) in [6.07, 6.45) is 0. The maximum Gasteiger partial charge on any atom is 0.285 e. The molecule has 0 spiro atoms. The molecule has 136 valence electrons. The molecule has 7 nitrogen and oxygen atoms in total. The number of carbonyl (C=O) groups is 4. The van der Waals surface area contributed by atoms with Crippen LogP contribution in [-0.2, 0) is 23.3 Å². The van der Waals surface area contributed by atoms with Gasteiger partial charge in [0.05, 0.1) is 0 Å². The van der Waals surface area contributed by atoms with Gasteiger partial charge >= 0.3 is 0 Å². The molecule has 4 amide bonds. The predicted octanol–water partition coefficient (Wildman–Crippen LogP) is 0.894. The molecule has 0 aromatic rings. The molecule has 0 saturated heterocycles. The van der Waals surface area contributed by atoms with E-state index in [0.717, 1.165) is 0 Å². The lowest BCUT2D eigenvalue weighted by atomic mass is 10.2. The molecule has 0 fully saturated rings. The average molecular weight is 381 g/mol. The number of rotatable bonds is 6. The lowest BCUT2D eigenvalue weighted by Crippen LogP contribution is -2.54. The van der Waals surface area contributed by atoms with Crippen molar-refractivity contribution in [2.75, 3.05) is 0 Å². The van der Waals surface area contributed by atoms with Crippen molar-refractivity contribution >= 4 is 42.0 Å². The van der Waals surface area contributed by atoms with Crippen LogP contribution in [0.4, 0.5) is 0 Å². The lowest BCUT2D eigenvalue weighted by molar-refractivity contribution is -0.133. The molecule has 0 saturated carbocycles. The van der Waals surface area contributed by atoms with Crippen LogP contribution in [0.1, 0.15) is 41.5 Å². The molecule has 25 heavy (non-hydrogen) atoms. The number of carbonyl (C=O) groups excluding carboxylic acids is 4. The fourth-order valence-electron chi connectivity index (χ4n) is 2.93. The maximum atomic E-state index is 12.4. The first-order valence-corrected chi connectivity index (χ1v) is 12.0. The second-order valence-corrected chi connectivity index (χ2v) is 11.9. The van der Waals surface area contributed by atoms with E-state index in [9.17, 15) is 19.2 Å². The van der Waals surface area contributed by atoms with E-state index < -0.39 is 18.4 Å². The van der Waals surface area contributed by atoms with Gasteiger partial charge in [0.2, 0.25) is 23.6 Å². The fraction of sp³-hybridized carbons (Fsp3) is 0.500. The Morgan fingerprint density at radius 1 is 0.640 bits per heavy atom. The zero-order valence-corrected chi connectivity index (χ0v) is 17.8. The van der Waals surface area contributed by atoms with E-state index in [1.807, 2.05) is 13.8 Å². The molecule has 0 aliphatic carbocycles. The van der Waals surface area contributed by atoms with Crippen molar-refractivity contribution in [3.63, 3.8) is 0 Å². The van der Waals surface area contributed by atoms with Crippen molar-refractivity contribution in [3.8, 4) is 0 Å². The van der Waals surface area contributed by atoms with E-state index in [4.69, 9.17) is 4.12 Å². The molecular weight excluding hydrogens is 356 g/mol. The van der Waals surface area contributed by atoms with Gasteiger partial charge in [-0.2, -0.15) is 0 Å². The Bertz CT molecular complexity index is 620. The quantitative estimate of drug-likeness (QED) is 0.505.